The molecule has 0 heterocycles. The fraction of sp³-hybridized carbons (Fsp3) is 0. The average molecular weight is 148 g/mol. The normalized spacial score (nSPS) is 9.45. The van der Waals surface area contributed by atoms with E-state index in [-0.39, 0.29) is 5.56 Å². The van der Waals surface area contributed by atoms with Gasteiger partial charge < -0.3 is 5.11 Å². The molecule has 11 heavy (non-hydrogen) atoms. The van der Waals surface area contributed by atoms with Crippen LogP contribution in [0.3, 0.4) is 0 Å². The molecule has 1 rings (SSSR count). The van der Waals surface area contributed by atoms with Crippen LogP contribution in [0, 0.1) is 0 Å². The van der Waals surface area contributed by atoms with Gasteiger partial charge in [-0.05, 0) is 16.5 Å². The number of carboxylic acids is 1. The van der Waals surface area contributed by atoms with Crippen molar-refractivity contribution in [1.82, 2.24) is 0 Å². The summed E-state index contributed by atoms with van der Waals surface area (Å²) in [5.74, 6) is -0.958. The van der Waals surface area contributed by atoms with Gasteiger partial charge in [-0.1, -0.05) is 25.3 Å². The highest BCUT2D eigenvalue weighted by Gasteiger charge is 2.01. The highest BCUT2D eigenvalue weighted by atomic mass is 16.4. The van der Waals surface area contributed by atoms with Crippen molar-refractivity contribution in [1.29, 1.82) is 0 Å². The first-order valence-electron chi connectivity index (χ1n) is 3.13. The second-order valence-electron chi connectivity index (χ2n) is 2.25. The van der Waals surface area contributed by atoms with Gasteiger partial charge in [0, 0.05) is 0 Å². The molecule has 0 atom stereocenters. The van der Waals surface area contributed by atoms with Crippen molar-refractivity contribution in [3.63, 3.8) is 0 Å². The molecule has 0 amide bonds. The van der Waals surface area contributed by atoms with Gasteiger partial charge in [0.05, 0.1) is 5.56 Å². The van der Waals surface area contributed by atoms with Crippen molar-refractivity contribution in [2.24, 2.45) is 0 Å². The molecule has 56 valence electrons. The molecule has 0 bridgehead atoms. The van der Waals surface area contributed by atoms with Crippen LogP contribution < -0.4 is 10.4 Å². The minimum atomic E-state index is -0.958. The number of benzene rings is 1. The maximum atomic E-state index is 10.5. The smallest absolute Gasteiger partial charge is 0.336 e. The highest BCUT2D eigenvalue weighted by Crippen LogP contribution is 1.86. The molecular formula is C9H8O2. The van der Waals surface area contributed by atoms with Crippen molar-refractivity contribution in [2.75, 3.05) is 0 Å². The third kappa shape index (κ3) is 1.29. The van der Waals surface area contributed by atoms with Crippen LogP contribution in [0.25, 0.3) is 13.2 Å². The van der Waals surface area contributed by atoms with Crippen LogP contribution in [0.2, 0.25) is 0 Å². The standard InChI is InChI=1S/C9H8O2/c1-6-4-3-5-8(7(6)2)9(10)11/h3-5H,1-2H2,(H,10,11). The van der Waals surface area contributed by atoms with Gasteiger partial charge in [0.15, 0.2) is 0 Å². The highest BCUT2D eigenvalue weighted by molar-refractivity contribution is 5.87. The Balaban J connectivity index is 3.53. The largest absolute Gasteiger partial charge is 0.478 e. The maximum Gasteiger partial charge on any atom is 0.336 e. The third-order valence-electron chi connectivity index (χ3n) is 1.50. The van der Waals surface area contributed by atoms with Crippen LogP contribution in [0.4, 0.5) is 0 Å². The van der Waals surface area contributed by atoms with E-state index in [0.29, 0.717) is 10.4 Å². The van der Waals surface area contributed by atoms with Gasteiger partial charge in [0.1, 0.15) is 0 Å². The number of hydrogen-bond acceptors (Lipinski definition) is 1. The molecule has 2 heteroatoms. The van der Waals surface area contributed by atoms with Crippen molar-refractivity contribution >= 4 is 19.1 Å². The lowest BCUT2D eigenvalue weighted by Crippen LogP contribution is -2.27. The average Bonchev–Trinajstić information content (AvgIpc) is 1.94. The third-order valence-corrected chi connectivity index (χ3v) is 1.50. The first kappa shape index (κ1) is 7.54. The Bertz CT molecular complexity index is 379. The lowest BCUT2D eigenvalue weighted by Gasteiger charge is -1.93. The summed E-state index contributed by atoms with van der Waals surface area (Å²) >= 11 is 0. The van der Waals surface area contributed by atoms with Crippen LogP contribution in [-0.4, -0.2) is 11.1 Å². The van der Waals surface area contributed by atoms with Gasteiger partial charge in [-0.3, -0.25) is 0 Å². The summed E-state index contributed by atoms with van der Waals surface area (Å²) in [6.45, 7) is 7.24. The number of carbonyl (C=O) groups is 1. The minimum absolute atomic E-state index is 0.220. The van der Waals surface area contributed by atoms with E-state index in [9.17, 15) is 4.79 Å². The van der Waals surface area contributed by atoms with Crippen LogP contribution in [0.5, 0.6) is 0 Å². The van der Waals surface area contributed by atoms with E-state index < -0.39 is 5.97 Å². The lowest BCUT2D eigenvalue weighted by atomic mass is 10.1. The van der Waals surface area contributed by atoms with Gasteiger partial charge in [0.2, 0.25) is 0 Å². The molecule has 0 unspecified atom stereocenters. The summed E-state index contributed by atoms with van der Waals surface area (Å²) in [4.78, 5) is 10.5. The van der Waals surface area contributed by atoms with Gasteiger partial charge in [0.25, 0.3) is 0 Å². The summed E-state index contributed by atoms with van der Waals surface area (Å²) in [5.41, 5.74) is 0.220. The minimum Gasteiger partial charge on any atom is -0.478 e. The molecule has 0 aliphatic rings. The van der Waals surface area contributed by atoms with Gasteiger partial charge in [-0.25, -0.2) is 4.79 Å². The molecule has 1 aromatic rings. The summed E-state index contributed by atoms with van der Waals surface area (Å²) in [6, 6.07) is 4.90. The fourth-order valence-electron chi connectivity index (χ4n) is 0.835. The molecule has 0 aliphatic heterocycles. The number of hydrogen-bond donors (Lipinski definition) is 1. The molecule has 2 nitrogen and oxygen atoms in total. The summed E-state index contributed by atoms with van der Waals surface area (Å²) in [7, 11) is 0. The maximum absolute atomic E-state index is 10.5. The molecule has 0 spiro atoms. The molecule has 0 saturated carbocycles. The second kappa shape index (κ2) is 2.58. The molecule has 0 saturated heterocycles. The Kier molecular flexibility index (Phi) is 1.77. The molecular weight excluding hydrogens is 140 g/mol. The number of rotatable bonds is 1. The van der Waals surface area contributed by atoms with E-state index in [1.807, 2.05) is 0 Å². The summed E-state index contributed by atoms with van der Waals surface area (Å²) < 4.78 is 0. The van der Waals surface area contributed by atoms with Crippen molar-refractivity contribution in [3.8, 4) is 0 Å². The van der Waals surface area contributed by atoms with E-state index in [0.717, 1.165) is 0 Å². The Morgan fingerprint density at radius 1 is 1.36 bits per heavy atom. The van der Waals surface area contributed by atoms with Gasteiger partial charge in [-0.15, -0.1) is 0 Å². The quantitative estimate of drug-likeness (QED) is 0.618. The predicted molar refractivity (Wildman–Crippen MR) is 43.7 cm³/mol. The zero-order chi connectivity index (χ0) is 8.43. The first-order valence-corrected chi connectivity index (χ1v) is 3.13. The lowest BCUT2D eigenvalue weighted by molar-refractivity contribution is 0.0695. The van der Waals surface area contributed by atoms with Gasteiger partial charge >= 0.3 is 5.97 Å². The van der Waals surface area contributed by atoms with Crippen LogP contribution in [-0.2, 0) is 0 Å². The van der Waals surface area contributed by atoms with E-state index in [1.165, 1.54) is 6.07 Å². The van der Waals surface area contributed by atoms with E-state index in [4.69, 9.17) is 5.11 Å². The number of carboxylic acid groups (broad SMARTS) is 1. The Hall–Kier alpha value is -1.57. The molecule has 0 aromatic heterocycles. The first-order chi connectivity index (χ1) is 5.13. The molecule has 0 fully saturated rings. The van der Waals surface area contributed by atoms with Crippen molar-refractivity contribution in [3.05, 3.63) is 34.2 Å². The summed E-state index contributed by atoms with van der Waals surface area (Å²) in [6.07, 6.45) is 0. The van der Waals surface area contributed by atoms with Crippen molar-refractivity contribution in [2.45, 2.75) is 0 Å². The van der Waals surface area contributed by atoms with Crippen molar-refractivity contribution < 1.29 is 9.90 Å². The molecule has 1 aromatic carbocycles. The molecule has 0 aliphatic carbocycles. The van der Waals surface area contributed by atoms with Crippen LogP contribution in [0.15, 0.2) is 18.2 Å². The Labute approximate surface area is 64.1 Å². The fourth-order valence-corrected chi connectivity index (χ4v) is 0.835. The number of aromatic carboxylic acids is 1. The zero-order valence-corrected chi connectivity index (χ0v) is 6.00. The SMILES string of the molecule is C=c1cccc(C(=O)O)c1=C. The van der Waals surface area contributed by atoms with Crippen LogP contribution >= 0.6 is 0 Å². The zero-order valence-electron chi connectivity index (χ0n) is 6.00. The topological polar surface area (TPSA) is 37.3 Å². The van der Waals surface area contributed by atoms with Crippen LogP contribution in [0.1, 0.15) is 10.4 Å². The summed E-state index contributed by atoms with van der Waals surface area (Å²) in [5, 5.41) is 9.77. The second-order valence-corrected chi connectivity index (χ2v) is 2.25. The van der Waals surface area contributed by atoms with Gasteiger partial charge in [-0.2, -0.15) is 0 Å². The molecule has 0 radical (unpaired) electrons. The Morgan fingerprint density at radius 2 is 2.00 bits per heavy atom. The van der Waals surface area contributed by atoms with E-state index >= 15 is 0 Å². The van der Waals surface area contributed by atoms with E-state index in [1.54, 1.807) is 12.1 Å². The predicted octanol–water partition coefficient (Wildman–Crippen LogP) is 0.205. The van der Waals surface area contributed by atoms with E-state index in [2.05, 4.69) is 13.2 Å². The monoisotopic (exact) mass is 148 g/mol. The molecule has 1 N–H and O–H groups in total. The Morgan fingerprint density at radius 3 is 2.45 bits per heavy atom.